The van der Waals surface area contributed by atoms with Crippen LogP contribution in [-0.4, -0.2) is 0 Å². The molecule has 0 bridgehead atoms. The highest BCUT2D eigenvalue weighted by Crippen LogP contribution is 2.44. The minimum Gasteiger partial charge on any atom is -0.457 e. The molecule has 0 atom stereocenters. The number of ether oxygens (including phenoxy) is 2. The van der Waals surface area contributed by atoms with Gasteiger partial charge in [-0.3, -0.25) is 0 Å². The van der Waals surface area contributed by atoms with E-state index < -0.39 is 0 Å². The summed E-state index contributed by atoms with van der Waals surface area (Å²) < 4.78 is 12.7. The molecule has 0 saturated carbocycles. The zero-order valence-corrected chi connectivity index (χ0v) is 21.8. The molecular formula is C36H28N2O2. The molecule has 4 nitrogen and oxygen atoms in total. The smallest absolute Gasteiger partial charge is 0.135 e. The lowest BCUT2D eigenvalue weighted by molar-refractivity contribution is 0.484. The Hall–Kier alpha value is -5.48. The van der Waals surface area contributed by atoms with Gasteiger partial charge in [-0.1, -0.05) is 84.9 Å². The first kappa shape index (κ1) is 24.8. The molecule has 0 aliphatic heterocycles. The second kappa shape index (κ2) is 11.1. The molecule has 0 aliphatic rings. The summed E-state index contributed by atoms with van der Waals surface area (Å²) in [4.78, 5) is 0. The maximum atomic E-state index is 6.33. The molecule has 0 radical (unpaired) electrons. The lowest BCUT2D eigenvalue weighted by atomic mass is 9.89. The number of hydrogen-bond acceptors (Lipinski definition) is 4. The van der Waals surface area contributed by atoms with Gasteiger partial charge >= 0.3 is 0 Å². The number of benzene rings is 6. The molecule has 6 rings (SSSR count). The summed E-state index contributed by atoms with van der Waals surface area (Å²) in [5.41, 5.74) is 19.5. The van der Waals surface area contributed by atoms with Crippen LogP contribution in [0.15, 0.2) is 146 Å². The van der Waals surface area contributed by atoms with Crippen molar-refractivity contribution in [3.05, 3.63) is 146 Å². The van der Waals surface area contributed by atoms with E-state index in [1.165, 1.54) is 0 Å². The fourth-order valence-electron chi connectivity index (χ4n) is 4.79. The highest BCUT2D eigenvalue weighted by Gasteiger charge is 2.17. The van der Waals surface area contributed by atoms with Gasteiger partial charge in [-0.2, -0.15) is 0 Å². The molecular weight excluding hydrogens is 492 g/mol. The molecule has 0 fully saturated rings. The van der Waals surface area contributed by atoms with Gasteiger partial charge in [0.05, 0.1) is 0 Å². The number of para-hydroxylation sites is 2. The third-order valence-corrected chi connectivity index (χ3v) is 6.71. The second-order valence-electron chi connectivity index (χ2n) is 9.43. The quantitative estimate of drug-likeness (QED) is 0.206. The van der Waals surface area contributed by atoms with Crippen LogP contribution in [0, 0.1) is 0 Å². The molecule has 4 N–H and O–H groups in total. The Morgan fingerprint density at radius 3 is 0.925 bits per heavy atom. The van der Waals surface area contributed by atoms with Crippen LogP contribution in [0.3, 0.4) is 0 Å². The Morgan fingerprint density at radius 2 is 0.575 bits per heavy atom. The number of anilines is 2. The summed E-state index contributed by atoms with van der Waals surface area (Å²) in [6, 6.07) is 47.9. The van der Waals surface area contributed by atoms with Gasteiger partial charge in [0.15, 0.2) is 0 Å². The van der Waals surface area contributed by atoms with E-state index in [-0.39, 0.29) is 0 Å². The zero-order valence-electron chi connectivity index (χ0n) is 21.8. The minimum absolute atomic E-state index is 0.697. The molecule has 40 heavy (non-hydrogen) atoms. The van der Waals surface area contributed by atoms with Crippen LogP contribution in [0.5, 0.6) is 23.0 Å². The molecule has 0 aliphatic carbocycles. The van der Waals surface area contributed by atoms with E-state index in [1.807, 2.05) is 84.9 Å². The van der Waals surface area contributed by atoms with Crippen LogP contribution < -0.4 is 20.9 Å². The Morgan fingerprint density at radius 1 is 0.300 bits per heavy atom. The molecule has 6 aromatic carbocycles. The van der Waals surface area contributed by atoms with Crippen molar-refractivity contribution < 1.29 is 9.47 Å². The van der Waals surface area contributed by atoms with E-state index in [0.29, 0.717) is 11.4 Å². The first-order valence-electron chi connectivity index (χ1n) is 13.1. The van der Waals surface area contributed by atoms with Crippen LogP contribution in [0.2, 0.25) is 0 Å². The number of nitrogen functional groups attached to an aromatic ring is 2. The summed E-state index contributed by atoms with van der Waals surface area (Å²) in [6.07, 6.45) is 0. The van der Waals surface area contributed by atoms with Crippen molar-refractivity contribution in [2.24, 2.45) is 0 Å². The van der Waals surface area contributed by atoms with Gasteiger partial charge < -0.3 is 20.9 Å². The van der Waals surface area contributed by atoms with E-state index in [4.69, 9.17) is 20.9 Å². The van der Waals surface area contributed by atoms with E-state index in [0.717, 1.165) is 56.4 Å². The van der Waals surface area contributed by atoms with Crippen molar-refractivity contribution in [3.63, 3.8) is 0 Å². The average molecular weight is 521 g/mol. The Balaban J connectivity index is 1.44. The van der Waals surface area contributed by atoms with Gasteiger partial charge in [-0.25, -0.2) is 0 Å². The second-order valence-corrected chi connectivity index (χ2v) is 9.43. The third kappa shape index (κ3) is 5.24. The highest BCUT2D eigenvalue weighted by atomic mass is 16.5. The van der Waals surface area contributed by atoms with Gasteiger partial charge in [0.25, 0.3) is 0 Å². The number of hydrogen-bond donors (Lipinski definition) is 2. The Bertz CT molecular complexity index is 1630. The van der Waals surface area contributed by atoms with E-state index in [1.54, 1.807) is 0 Å². The predicted octanol–water partition coefficient (Wildman–Crippen LogP) is 9.44. The van der Waals surface area contributed by atoms with Crippen LogP contribution >= 0.6 is 0 Å². The van der Waals surface area contributed by atoms with Crippen LogP contribution in [0.25, 0.3) is 33.4 Å². The fourth-order valence-corrected chi connectivity index (χ4v) is 4.79. The van der Waals surface area contributed by atoms with Gasteiger partial charge in [-0.05, 0) is 82.9 Å². The van der Waals surface area contributed by atoms with Crippen molar-refractivity contribution in [2.75, 3.05) is 11.5 Å². The summed E-state index contributed by atoms with van der Waals surface area (Å²) in [6.45, 7) is 0. The molecule has 0 unspecified atom stereocenters. The Labute approximate surface area is 234 Å². The molecule has 0 aromatic heterocycles. The molecule has 0 heterocycles. The van der Waals surface area contributed by atoms with Crippen molar-refractivity contribution in [1.82, 2.24) is 0 Å². The van der Waals surface area contributed by atoms with Crippen molar-refractivity contribution in [2.45, 2.75) is 0 Å². The number of rotatable bonds is 7. The van der Waals surface area contributed by atoms with Crippen molar-refractivity contribution >= 4 is 11.4 Å². The third-order valence-electron chi connectivity index (χ3n) is 6.71. The van der Waals surface area contributed by atoms with Gasteiger partial charge in [0.2, 0.25) is 0 Å². The minimum atomic E-state index is 0.697. The van der Waals surface area contributed by atoms with Gasteiger partial charge in [0.1, 0.15) is 23.0 Å². The molecule has 0 spiro atoms. The molecule has 6 aromatic rings. The van der Waals surface area contributed by atoms with Gasteiger partial charge in [-0.15, -0.1) is 0 Å². The maximum absolute atomic E-state index is 6.33. The maximum Gasteiger partial charge on any atom is 0.135 e. The summed E-state index contributed by atoms with van der Waals surface area (Å²) in [5, 5.41) is 0. The van der Waals surface area contributed by atoms with Crippen LogP contribution in [0.4, 0.5) is 11.4 Å². The summed E-state index contributed by atoms with van der Waals surface area (Å²) in [5.74, 6) is 3.00. The average Bonchev–Trinajstić information content (AvgIpc) is 3.00. The predicted molar refractivity (Wildman–Crippen MR) is 165 cm³/mol. The van der Waals surface area contributed by atoms with E-state index in [2.05, 4.69) is 60.7 Å². The largest absolute Gasteiger partial charge is 0.457 e. The fraction of sp³-hybridized carbons (Fsp3) is 0. The first-order valence-corrected chi connectivity index (χ1v) is 13.1. The molecule has 0 saturated heterocycles. The van der Waals surface area contributed by atoms with E-state index >= 15 is 0 Å². The lowest BCUT2D eigenvalue weighted by Gasteiger charge is -2.18. The Kier molecular flexibility index (Phi) is 6.89. The molecule has 0 amide bonds. The normalized spacial score (nSPS) is 10.7. The van der Waals surface area contributed by atoms with Crippen LogP contribution in [0.1, 0.15) is 0 Å². The number of nitrogens with two attached hydrogens (primary N) is 2. The van der Waals surface area contributed by atoms with Crippen LogP contribution in [-0.2, 0) is 0 Å². The summed E-state index contributed by atoms with van der Waals surface area (Å²) in [7, 11) is 0. The SMILES string of the molecule is Nc1ccc(Oc2ccccc2-c2ccccc2-c2ccccc2-c2ccccc2Oc2ccc(N)cc2)cc1. The topological polar surface area (TPSA) is 70.5 Å². The molecule has 194 valence electrons. The lowest BCUT2D eigenvalue weighted by Crippen LogP contribution is -1.94. The van der Waals surface area contributed by atoms with Gasteiger partial charge in [0, 0.05) is 22.5 Å². The standard InChI is InChI=1S/C36H28N2O2/c37-25-17-21-27(22-18-25)39-35-15-7-5-13-33(35)31-11-3-1-9-29(31)30-10-2-4-12-32(30)34-14-6-8-16-36(34)40-28-23-19-26(38)20-24-28/h1-24H,37-38H2. The highest BCUT2D eigenvalue weighted by molar-refractivity contribution is 5.94. The molecule has 4 heteroatoms. The summed E-state index contributed by atoms with van der Waals surface area (Å²) >= 11 is 0. The van der Waals surface area contributed by atoms with Crippen molar-refractivity contribution in [3.8, 4) is 56.4 Å². The monoisotopic (exact) mass is 520 g/mol. The van der Waals surface area contributed by atoms with E-state index in [9.17, 15) is 0 Å². The zero-order chi connectivity index (χ0) is 27.3. The first-order chi connectivity index (χ1) is 19.7. The van der Waals surface area contributed by atoms with Crippen molar-refractivity contribution in [1.29, 1.82) is 0 Å².